The van der Waals surface area contributed by atoms with Gasteiger partial charge in [0, 0.05) is 31.0 Å². The molecule has 2 atom stereocenters. The summed E-state index contributed by atoms with van der Waals surface area (Å²) in [5.41, 5.74) is 1.40. The van der Waals surface area contributed by atoms with Crippen molar-refractivity contribution in [3.63, 3.8) is 0 Å². The first-order chi connectivity index (χ1) is 6.31. The maximum Gasteiger partial charge on any atom is 0.0361 e. The van der Waals surface area contributed by atoms with Gasteiger partial charge in [-0.1, -0.05) is 6.92 Å². The third kappa shape index (κ3) is 1.94. The summed E-state index contributed by atoms with van der Waals surface area (Å²) in [4.78, 5) is 0. The fraction of sp³-hybridized carbons (Fsp3) is 0.636. The fourth-order valence-corrected chi connectivity index (χ4v) is 1.76. The van der Waals surface area contributed by atoms with E-state index in [1.807, 2.05) is 0 Å². The van der Waals surface area contributed by atoms with Gasteiger partial charge in [0.2, 0.25) is 0 Å². The van der Waals surface area contributed by atoms with Crippen molar-refractivity contribution in [2.24, 2.45) is 5.92 Å². The number of hydrogen-bond donors (Lipinski definition) is 1. The zero-order valence-electron chi connectivity index (χ0n) is 8.46. The normalized spacial score (nSPS) is 26.3. The minimum atomic E-state index is 0.778. The van der Waals surface area contributed by atoms with Crippen molar-refractivity contribution in [1.29, 1.82) is 0 Å². The Morgan fingerprint density at radius 2 is 2.38 bits per heavy atom. The average molecular weight is 178 g/mol. The van der Waals surface area contributed by atoms with E-state index in [-0.39, 0.29) is 0 Å². The van der Waals surface area contributed by atoms with Gasteiger partial charge in [0.1, 0.15) is 0 Å². The van der Waals surface area contributed by atoms with Crippen LogP contribution >= 0.6 is 0 Å². The monoisotopic (exact) mass is 178 g/mol. The number of aryl methyl sites for hydroxylation is 1. The minimum Gasteiger partial charge on any atom is -0.351 e. The molecule has 1 heterocycles. The number of hydrogen-bond acceptors (Lipinski definition) is 1. The lowest BCUT2D eigenvalue weighted by Gasteiger charge is -2.07. The van der Waals surface area contributed by atoms with Gasteiger partial charge in [-0.05, 0) is 31.4 Å². The second-order valence-electron chi connectivity index (χ2n) is 3.99. The molecule has 72 valence electrons. The highest BCUT2D eigenvalue weighted by Gasteiger charge is 2.31. The van der Waals surface area contributed by atoms with Gasteiger partial charge in [-0.15, -0.1) is 0 Å². The van der Waals surface area contributed by atoms with Crippen molar-refractivity contribution in [1.82, 2.24) is 9.88 Å². The summed E-state index contributed by atoms with van der Waals surface area (Å²) in [6.07, 6.45) is 3.50. The average Bonchev–Trinajstić information content (AvgIpc) is 2.68. The number of aromatic nitrogens is 1. The highest BCUT2D eigenvalue weighted by Crippen LogP contribution is 2.29. The molecule has 0 bridgehead atoms. The third-order valence-electron chi connectivity index (χ3n) is 2.92. The zero-order valence-corrected chi connectivity index (χ0v) is 8.46. The van der Waals surface area contributed by atoms with Crippen molar-refractivity contribution >= 4 is 0 Å². The van der Waals surface area contributed by atoms with Gasteiger partial charge in [-0.3, -0.25) is 0 Å². The standard InChI is InChI=1S/C11H18N2/c1-3-13-6-4-5-10(13)8-12-11-7-9(11)2/h4-6,9,11-12H,3,7-8H2,1-2H3. The highest BCUT2D eigenvalue weighted by molar-refractivity contribution is 5.07. The first kappa shape index (κ1) is 8.82. The molecule has 0 aliphatic heterocycles. The number of nitrogens with one attached hydrogen (secondary N) is 1. The summed E-state index contributed by atoms with van der Waals surface area (Å²) in [5, 5.41) is 3.56. The predicted octanol–water partition coefficient (Wildman–Crippen LogP) is 2.01. The molecule has 0 aromatic carbocycles. The van der Waals surface area contributed by atoms with Crippen LogP contribution in [0.5, 0.6) is 0 Å². The molecule has 2 unspecified atom stereocenters. The fourth-order valence-electron chi connectivity index (χ4n) is 1.76. The predicted molar refractivity (Wildman–Crippen MR) is 54.5 cm³/mol. The van der Waals surface area contributed by atoms with Crippen molar-refractivity contribution in [2.45, 2.75) is 39.4 Å². The van der Waals surface area contributed by atoms with Gasteiger partial charge in [0.25, 0.3) is 0 Å². The van der Waals surface area contributed by atoms with Crippen LogP contribution in [-0.2, 0) is 13.1 Å². The summed E-state index contributed by atoms with van der Waals surface area (Å²) in [6, 6.07) is 5.10. The SMILES string of the molecule is CCn1cccc1CNC1CC1C. The van der Waals surface area contributed by atoms with E-state index in [0.29, 0.717) is 0 Å². The molecular formula is C11H18N2. The molecular weight excluding hydrogens is 160 g/mol. The lowest BCUT2D eigenvalue weighted by molar-refractivity contribution is 0.607. The summed E-state index contributed by atoms with van der Waals surface area (Å²) < 4.78 is 2.29. The maximum absolute atomic E-state index is 3.56. The second kappa shape index (κ2) is 3.54. The molecule has 0 amide bonds. The Morgan fingerprint density at radius 1 is 1.62 bits per heavy atom. The second-order valence-corrected chi connectivity index (χ2v) is 3.99. The number of rotatable bonds is 4. The molecule has 0 spiro atoms. The van der Waals surface area contributed by atoms with Crippen molar-refractivity contribution in [2.75, 3.05) is 0 Å². The Balaban J connectivity index is 1.86. The van der Waals surface area contributed by atoms with Crippen LogP contribution in [0.3, 0.4) is 0 Å². The summed E-state index contributed by atoms with van der Waals surface area (Å²) in [7, 11) is 0. The van der Waals surface area contributed by atoms with E-state index < -0.39 is 0 Å². The molecule has 2 rings (SSSR count). The molecule has 2 nitrogen and oxygen atoms in total. The molecule has 0 saturated heterocycles. The molecule has 1 saturated carbocycles. The molecule has 0 radical (unpaired) electrons. The van der Waals surface area contributed by atoms with Crippen LogP contribution in [0.1, 0.15) is 26.0 Å². The van der Waals surface area contributed by atoms with Crippen LogP contribution in [0.15, 0.2) is 18.3 Å². The van der Waals surface area contributed by atoms with Crippen molar-refractivity contribution in [3.8, 4) is 0 Å². The topological polar surface area (TPSA) is 17.0 Å². The Morgan fingerprint density at radius 3 is 3.00 bits per heavy atom. The van der Waals surface area contributed by atoms with Gasteiger partial charge in [0.05, 0.1) is 0 Å². The van der Waals surface area contributed by atoms with Gasteiger partial charge < -0.3 is 9.88 Å². The van der Waals surface area contributed by atoms with E-state index in [2.05, 4.69) is 42.1 Å². The molecule has 1 aromatic rings. The molecule has 1 fully saturated rings. The van der Waals surface area contributed by atoms with Crippen LogP contribution in [-0.4, -0.2) is 10.6 Å². The summed E-state index contributed by atoms with van der Waals surface area (Å²) >= 11 is 0. The van der Waals surface area contributed by atoms with Gasteiger partial charge in [0.15, 0.2) is 0 Å². The molecule has 2 heteroatoms. The van der Waals surface area contributed by atoms with Gasteiger partial charge in [-0.2, -0.15) is 0 Å². The maximum atomic E-state index is 3.56. The lowest BCUT2D eigenvalue weighted by Crippen LogP contribution is -2.19. The molecule has 1 N–H and O–H groups in total. The Kier molecular flexibility index (Phi) is 2.40. The van der Waals surface area contributed by atoms with Crippen LogP contribution in [0.25, 0.3) is 0 Å². The highest BCUT2D eigenvalue weighted by atomic mass is 15.0. The Hall–Kier alpha value is -0.760. The van der Waals surface area contributed by atoms with Crippen LogP contribution in [0, 0.1) is 5.92 Å². The molecule has 1 aromatic heterocycles. The van der Waals surface area contributed by atoms with Gasteiger partial charge in [-0.25, -0.2) is 0 Å². The van der Waals surface area contributed by atoms with E-state index in [4.69, 9.17) is 0 Å². The van der Waals surface area contributed by atoms with E-state index in [1.54, 1.807) is 0 Å². The lowest BCUT2D eigenvalue weighted by atomic mass is 10.4. The van der Waals surface area contributed by atoms with Crippen molar-refractivity contribution < 1.29 is 0 Å². The van der Waals surface area contributed by atoms with E-state index >= 15 is 0 Å². The quantitative estimate of drug-likeness (QED) is 0.746. The Bertz CT molecular complexity index is 277. The van der Waals surface area contributed by atoms with E-state index in [0.717, 1.165) is 25.0 Å². The van der Waals surface area contributed by atoms with E-state index in [1.165, 1.54) is 12.1 Å². The van der Waals surface area contributed by atoms with Gasteiger partial charge >= 0.3 is 0 Å². The smallest absolute Gasteiger partial charge is 0.0361 e. The van der Waals surface area contributed by atoms with Crippen molar-refractivity contribution in [3.05, 3.63) is 24.0 Å². The summed E-state index contributed by atoms with van der Waals surface area (Å²) in [5.74, 6) is 0.894. The first-order valence-electron chi connectivity index (χ1n) is 5.18. The van der Waals surface area contributed by atoms with Crippen LogP contribution in [0.2, 0.25) is 0 Å². The molecule has 1 aliphatic rings. The molecule has 1 aliphatic carbocycles. The minimum absolute atomic E-state index is 0.778. The first-order valence-corrected chi connectivity index (χ1v) is 5.18. The molecule has 13 heavy (non-hydrogen) atoms. The zero-order chi connectivity index (χ0) is 9.26. The third-order valence-corrected chi connectivity index (χ3v) is 2.92. The van der Waals surface area contributed by atoms with Crippen LogP contribution in [0.4, 0.5) is 0 Å². The number of nitrogens with zero attached hydrogens (tertiary/aromatic N) is 1. The summed E-state index contributed by atoms with van der Waals surface area (Å²) in [6.45, 7) is 6.58. The Labute approximate surface area is 79.9 Å². The van der Waals surface area contributed by atoms with Crippen LogP contribution < -0.4 is 5.32 Å². The van der Waals surface area contributed by atoms with E-state index in [9.17, 15) is 0 Å². The largest absolute Gasteiger partial charge is 0.351 e.